The van der Waals surface area contributed by atoms with Crippen LogP contribution in [0.2, 0.25) is 0 Å². The summed E-state index contributed by atoms with van der Waals surface area (Å²) in [4.78, 5) is 35.2. The Kier molecular flexibility index (Phi) is 5.46. The molecule has 6 heteroatoms. The van der Waals surface area contributed by atoms with Crippen LogP contribution < -0.4 is 15.4 Å². The minimum atomic E-state index is -0.877. The maximum absolute atomic E-state index is 12.0. The molecule has 122 valence electrons. The number of esters is 1. The van der Waals surface area contributed by atoms with Crippen LogP contribution in [-0.4, -0.2) is 17.8 Å². The molecule has 2 amide bonds. The maximum atomic E-state index is 12.0. The highest BCUT2D eigenvalue weighted by Gasteiger charge is 2.16. The van der Waals surface area contributed by atoms with Crippen LogP contribution >= 0.6 is 0 Å². The van der Waals surface area contributed by atoms with Crippen LogP contribution in [0.3, 0.4) is 0 Å². The van der Waals surface area contributed by atoms with Gasteiger partial charge in [0.1, 0.15) is 0 Å². The molecule has 0 unspecified atom stereocenters. The first-order valence-electron chi connectivity index (χ1n) is 7.12. The van der Waals surface area contributed by atoms with Crippen molar-refractivity contribution in [1.29, 1.82) is 0 Å². The molecule has 2 rings (SSSR count). The van der Waals surface area contributed by atoms with E-state index in [9.17, 15) is 14.4 Å². The van der Waals surface area contributed by atoms with Gasteiger partial charge >= 0.3 is 17.8 Å². The molecule has 2 aromatic carbocycles. The van der Waals surface area contributed by atoms with Gasteiger partial charge in [-0.1, -0.05) is 36.4 Å². The molecule has 0 saturated heterocycles. The molecule has 0 saturated carbocycles. The zero-order valence-electron chi connectivity index (χ0n) is 13.0. The second-order valence-electron chi connectivity index (χ2n) is 4.90. The van der Waals surface area contributed by atoms with E-state index < -0.39 is 17.8 Å². The van der Waals surface area contributed by atoms with Crippen LogP contribution in [-0.2, 0) is 14.4 Å². The Bertz CT molecular complexity index is 782. The molecule has 0 aromatic heterocycles. The van der Waals surface area contributed by atoms with Crippen molar-refractivity contribution < 1.29 is 19.1 Å². The van der Waals surface area contributed by atoms with Gasteiger partial charge in [-0.05, 0) is 31.2 Å². The average molecular weight is 324 g/mol. The summed E-state index contributed by atoms with van der Waals surface area (Å²) < 4.78 is 5.00. The lowest BCUT2D eigenvalue weighted by molar-refractivity contribution is -0.133. The standard InChI is InChI=1S/C18H16N2O4/c1-3-16(21)24-15-7-5-4-6-14(15)20-18(23)17(22)19-13-10-8-12(2)9-11-13/h3-11H,1H2,2H3,(H,19,22)(H,20,23). The van der Waals surface area contributed by atoms with Crippen LogP contribution in [0.25, 0.3) is 0 Å². The number of rotatable bonds is 4. The molecule has 0 aliphatic carbocycles. The molecular formula is C18H16N2O4. The molecule has 0 aliphatic heterocycles. The molecular weight excluding hydrogens is 308 g/mol. The van der Waals surface area contributed by atoms with E-state index in [1.807, 2.05) is 19.1 Å². The number of hydrogen-bond acceptors (Lipinski definition) is 4. The lowest BCUT2D eigenvalue weighted by Gasteiger charge is -2.10. The van der Waals surface area contributed by atoms with Crippen molar-refractivity contribution >= 4 is 29.2 Å². The normalized spacial score (nSPS) is 9.71. The van der Waals surface area contributed by atoms with Crippen molar-refractivity contribution in [2.75, 3.05) is 10.6 Å². The first-order valence-corrected chi connectivity index (χ1v) is 7.12. The molecule has 2 aromatic rings. The van der Waals surface area contributed by atoms with Crippen LogP contribution in [0.4, 0.5) is 11.4 Å². The van der Waals surface area contributed by atoms with Crippen molar-refractivity contribution in [2.24, 2.45) is 0 Å². The van der Waals surface area contributed by atoms with Crippen molar-refractivity contribution in [3.05, 3.63) is 66.7 Å². The minimum Gasteiger partial charge on any atom is -0.421 e. The minimum absolute atomic E-state index is 0.124. The Morgan fingerprint density at radius 3 is 2.25 bits per heavy atom. The van der Waals surface area contributed by atoms with Crippen molar-refractivity contribution in [1.82, 2.24) is 0 Å². The number of hydrogen-bond donors (Lipinski definition) is 2. The first-order chi connectivity index (χ1) is 11.5. The summed E-state index contributed by atoms with van der Waals surface area (Å²) in [6.07, 6.45) is 1.00. The fourth-order valence-electron chi connectivity index (χ4n) is 1.81. The van der Waals surface area contributed by atoms with Crippen LogP contribution in [0.1, 0.15) is 5.56 Å². The maximum Gasteiger partial charge on any atom is 0.335 e. The Hall–Kier alpha value is -3.41. The first kappa shape index (κ1) is 17.0. The van der Waals surface area contributed by atoms with Crippen molar-refractivity contribution in [3.8, 4) is 5.75 Å². The average Bonchev–Trinajstić information content (AvgIpc) is 2.58. The molecule has 0 radical (unpaired) electrons. The van der Waals surface area contributed by atoms with Gasteiger partial charge in [-0.3, -0.25) is 9.59 Å². The molecule has 0 bridgehead atoms. The molecule has 2 N–H and O–H groups in total. The summed E-state index contributed by atoms with van der Waals surface area (Å²) in [5, 5.41) is 4.89. The number of benzene rings is 2. The van der Waals surface area contributed by atoms with E-state index in [1.54, 1.807) is 24.3 Å². The van der Waals surface area contributed by atoms with E-state index in [4.69, 9.17) is 4.74 Å². The van der Waals surface area contributed by atoms with E-state index in [2.05, 4.69) is 17.2 Å². The number of carbonyl (C=O) groups is 3. The number of carbonyl (C=O) groups excluding carboxylic acids is 3. The molecule has 6 nitrogen and oxygen atoms in total. The Morgan fingerprint density at radius 1 is 0.958 bits per heavy atom. The third-order valence-electron chi connectivity index (χ3n) is 3.03. The Balaban J connectivity index is 2.06. The number of para-hydroxylation sites is 2. The highest BCUT2D eigenvalue weighted by molar-refractivity contribution is 6.43. The van der Waals surface area contributed by atoms with Crippen molar-refractivity contribution in [2.45, 2.75) is 6.92 Å². The van der Waals surface area contributed by atoms with Gasteiger partial charge in [0.25, 0.3) is 0 Å². The lowest BCUT2D eigenvalue weighted by atomic mass is 10.2. The Morgan fingerprint density at radius 2 is 1.58 bits per heavy atom. The zero-order valence-corrected chi connectivity index (χ0v) is 13.0. The number of nitrogens with one attached hydrogen (secondary N) is 2. The SMILES string of the molecule is C=CC(=O)Oc1ccccc1NC(=O)C(=O)Nc1ccc(C)cc1. The molecule has 0 aliphatic rings. The third kappa shape index (κ3) is 4.54. The van der Waals surface area contributed by atoms with Gasteiger partial charge in [0, 0.05) is 11.8 Å². The highest BCUT2D eigenvalue weighted by atomic mass is 16.5. The predicted molar refractivity (Wildman–Crippen MR) is 90.7 cm³/mol. The lowest BCUT2D eigenvalue weighted by Crippen LogP contribution is -2.29. The predicted octanol–water partition coefficient (Wildman–Crippen LogP) is 2.66. The van der Waals surface area contributed by atoms with Crippen LogP contribution in [0, 0.1) is 6.92 Å². The van der Waals surface area contributed by atoms with Gasteiger partial charge < -0.3 is 15.4 Å². The number of aryl methyl sites for hydroxylation is 1. The van der Waals surface area contributed by atoms with Gasteiger partial charge in [-0.2, -0.15) is 0 Å². The van der Waals surface area contributed by atoms with Gasteiger partial charge in [-0.25, -0.2) is 4.79 Å². The number of ether oxygens (including phenoxy) is 1. The van der Waals surface area contributed by atoms with Gasteiger partial charge in [-0.15, -0.1) is 0 Å². The van der Waals surface area contributed by atoms with Gasteiger partial charge in [0.2, 0.25) is 0 Å². The molecule has 24 heavy (non-hydrogen) atoms. The summed E-state index contributed by atoms with van der Waals surface area (Å²) in [7, 11) is 0. The van der Waals surface area contributed by atoms with E-state index in [0.717, 1.165) is 11.6 Å². The summed E-state index contributed by atoms with van der Waals surface area (Å²) in [6.45, 7) is 5.22. The van der Waals surface area contributed by atoms with Gasteiger partial charge in [0.15, 0.2) is 5.75 Å². The van der Waals surface area contributed by atoms with Crippen LogP contribution in [0.15, 0.2) is 61.2 Å². The molecule has 0 heterocycles. The largest absolute Gasteiger partial charge is 0.421 e. The quantitative estimate of drug-likeness (QED) is 0.392. The second-order valence-corrected chi connectivity index (χ2v) is 4.90. The second kappa shape index (κ2) is 7.73. The van der Waals surface area contributed by atoms with Gasteiger partial charge in [0.05, 0.1) is 5.69 Å². The van der Waals surface area contributed by atoms with E-state index >= 15 is 0 Å². The smallest absolute Gasteiger partial charge is 0.335 e. The number of amides is 2. The third-order valence-corrected chi connectivity index (χ3v) is 3.03. The molecule has 0 fully saturated rings. The van der Waals surface area contributed by atoms with Crippen molar-refractivity contribution in [3.63, 3.8) is 0 Å². The summed E-state index contributed by atoms with van der Waals surface area (Å²) >= 11 is 0. The summed E-state index contributed by atoms with van der Waals surface area (Å²) in [5.74, 6) is -2.25. The fourth-order valence-corrected chi connectivity index (χ4v) is 1.81. The van der Waals surface area contributed by atoms with E-state index in [-0.39, 0.29) is 11.4 Å². The molecule has 0 atom stereocenters. The van der Waals surface area contributed by atoms with E-state index in [0.29, 0.717) is 5.69 Å². The monoisotopic (exact) mass is 324 g/mol. The van der Waals surface area contributed by atoms with E-state index in [1.165, 1.54) is 12.1 Å². The topological polar surface area (TPSA) is 84.5 Å². The molecule has 0 spiro atoms. The number of anilines is 2. The highest BCUT2D eigenvalue weighted by Crippen LogP contribution is 2.24. The zero-order chi connectivity index (χ0) is 17.5. The summed E-state index contributed by atoms with van der Waals surface area (Å²) in [5.41, 5.74) is 1.75. The Labute approximate surface area is 139 Å². The summed E-state index contributed by atoms with van der Waals surface area (Å²) in [6, 6.07) is 13.3. The fraction of sp³-hybridized carbons (Fsp3) is 0.0556. The van der Waals surface area contributed by atoms with Crippen LogP contribution in [0.5, 0.6) is 5.75 Å².